The van der Waals surface area contributed by atoms with Crippen LogP contribution in [0.4, 0.5) is 11.6 Å². The number of hydrogen-bond donors (Lipinski definition) is 1. The summed E-state index contributed by atoms with van der Waals surface area (Å²) in [5, 5.41) is 0.469. The molecule has 0 unspecified atom stereocenters. The fourth-order valence-corrected chi connectivity index (χ4v) is 2.31. The molecule has 1 aromatic rings. The highest BCUT2D eigenvalue weighted by Crippen LogP contribution is 2.27. The smallest absolute Gasteiger partial charge is 0.153 e. The van der Waals surface area contributed by atoms with E-state index >= 15 is 0 Å². The van der Waals surface area contributed by atoms with Crippen LogP contribution in [0, 0.1) is 0 Å². The fourth-order valence-electron chi connectivity index (χ4n) is 2.09. The molecule has 0 saturated carbocycles. The van der Waals surface area contributed by atoms with Gasteiger partial charge in [-0.3, -0.25) is 4.90 Å². The van der Waals surface area contributed by atoms with Crippen molar-refractivity contribution in [3.05, 3.63) is 11.3 Å². The molecule has 2 rings (SSSR count). The summed E-state index contributed by atoms with van der Waals surface area (Å²) < 4.78 is 0. The van der Waals surface area contributed by atoms with E-state index in [0.29, 0.717) is 10.8 Å². The van der Waals surface area contributed by atoms with Crippen molar-refractivity contribution in [1.82, 2.24) is 14.9 Å². The molecule has 1 saturated heterocycles. The van der Waals surface area contributed by atoms with Gasteiger partial charge in [-0.2, -0.15) is 0 Å². The average Bonchev–Trinajstić information content (AvgIpc) is 2.34. The highest BCUT2D eigenvalue weighted by Gasteiger charge is 2.20. The van der Waals surface area contributed by atoms with Crippen LogP contribution in [0.5, 0.6) is 0 Å². The zero-order chi connectivity index (χ0) is 12.3. The molecule has 94 valence electrons. The van der Waals surface area contributed by atoms with E-state index in [2.05, 4.69) is 26.7 Å². The number of piperazine rings is 1. The Bertz CT molecular complexity index is 376. The normalized spacial score (nSPS) is 17.4. The molecular weight excluding hydrogens is 238 g/mol. The zero-order valence-corrected chi connectivity index (χ0v) is 10.8. The van der Waals surface area contributed by atoms with Crippen LogP contribution in [-0.4, -0.2) is 47.6 Å². The Morgan fingerprint density at radius 1 is 1.29 bits per heavy atom. The lowest BCUT2D eigenvalue weighted by molar-refractivity contribution is 0.258. The number of aromatic nitrogens is 2. The summed E-state index contributed by atoms with van der Waals surface area (Å²) in [6.45, 7) is 7.34. The van der Waals surface area contributed by atoms with Gasteiger partial charge in [-0.05, 0) is 13.0 Å². The second-order valence-electron chi connectivity index (χ2n) is 4.23. The third kappa shape index (κ3) is 2.79. The first-order valence-corrected chi connectivity index (χ1v) is 6.33. The van der Waals surface area contributed by atoms with E-state index in [1.807, 2.05) is 0 Å². The molecule has 1 fully saturated rings. The molecule has 0 bridgehead atoms. The Balaban J connectivity index is 2.03. The molecule has 0 aromatic carbocycles. The predicted octanol–water partition coefficient (Wildman–Crippen LogP) is 1.24. The topological polar surface area (TPSA) is 58.3 Å². The lowest BCUT2D eigenvalue weighted by atomic mass is 10.3. The molecular formula is C11H18ClN5. The third-order valence-electron chi connectivity index (χ3n) is 3.01. The van der Waals surface area contributed by atoms with E-state index < -0.39 is 0 Å². The molecule has 0 atom stereocenters. The van der Waals surface area contributed by atoms with Crippen LogP contribution >= 0.6 is 11.6 Å². The van der Waals surface area contributed by atoms with E-state index in [0.717, 1.165) is 38.5 Å². The van der Waals surface area contributed by atoms with Crippen molar-refractivity contribution >= 4 is 23.2 Å². The lowest BCUT2D eigenvalue weighted by Crippen LogP contribution is -2.47. The lowest BCUT2D eigenvalue weighted by Gasteiger charge is -2.35. The van der Waals surface area contributed by atoms with Crippen molar-refractivity contribution in [3.63, 3.8) is 0 Å². The van der Waals surface area contributed by atoms with Gasteiger partial charge in [0.2, 0.25) is 0 Å². The highest BCUT2D eigenvalue weighted by molar-refractivity contribution is 6.35. The number of nitrogen functional groups attached to an aromatic ring is 1. The number of nitrogens with zero attached hydrogens (tertiary/aromatic N) is 4. The van der Waals surface area contributed by atoms with Crippen molar-refractivity contribution in [2.75, 3.05) is 43.4 Å². The molecule has 2 heterocycles. The molecule has 0 radical (unpaired) electrons. The number of hydrogen-bond acceptors (Lipinski definition) is 5. The van der Waals surface area contributed by atoms with E-state index in [9.17, 15) is 0 Å². The molecule has 1 aliphatic heterocycles. The number of halogens is 1. The van der Waals surface area contributed by atoms with Crippen LogP contribution in [0.1, 0.15) is 13.3 Å². The fraction of sp³-hybridized carbons (Fsp3) is 0.636. The van der Waals surface area contributed by atoms with Crippen molar-refractivity contribution < 1.29 is 0 Å². The summed E-state index contributed by atoms with van der Waals surface area (Å²) >= 11 is 6.12. The van der Waals surface area contributed by atoms with Crippen LogP contribution in [-0.2, 0) is 0 Å². The van der Waals surface area contributed by atoms with Gasteiger partial charge >= 0.3 is 0 Å². The van der Waals surface area contributed by atoms with Crippen LogP contribution in [0.15, 0.2) is 6.33 Å². The maximum absolute atomic E-state index is 6.12. The molecule has 0 amide bonds. The summed E-state index contributed by atoms with van der Waals surface area (Å²) in [5.41, 5.74) is 5.68. The van der Waals surface area contributed by atoms with E-state index in [1.54, 1.807) is 0 Å². The first kappa shape index (κ1) is 12.4. The van der Waals surface area contributed by atoms with Gasteiger partial charge < -0.3 is 10.6 Å². The standard InChI is InChI=1S/C11H18ClN5/c1-2-3-16-4-6-17(7-5-16)11-9(12)10(13)14-8-15-11/h8H,2-7H2,1H3,(H2,13,14,15). The second-order valence-corrected chi connectivity index (χ2v) is 4.60. The predicted molar refractivity (Wildman–Crippen MR) is 70.4 cm³/mol. The number of anilines is 2. The van der Waals surface area contributed by atoms with Crippen molar-refractivity contribution in [2.45, 2.75) is 13.3 Å². The van der Waals surface area contributed by atoms with Gasteiger partial charge in [0.25, 0.3) is 0 Å². The molecule has 6 heteroatoms. The Hall–Kier alpha value is -1.07. The Kier molecular flexibility index (Phi) is 4.02. The summed E-state index contributed by atoms with van der Waals surface area (Å²) in [6.07, 6.45) is 2.66. The number of nitrogens with two attached hydrogens (primary N) is 1. The van der Waals surface area contributed by atoms with E-state index in [4.69, 9.17) is 17.3 Å². The molecule has 0 aliphatic carbocycles. The Morgan fingerprint density at radius 2 is 2.00 bits per heavy atom. The van der Waals surface area contributed by atoms with Gasteiger partial charge in [0.05, 0.1) is 0 Å². The molecule has 2 N–H and O–H groups in total. The molecule has 1 aliphatic rings. The van der Waals surface area contributed by atoms with Crippen LogP contribution in [0.25, 0.3) is 0 Å². The maximum atomic E-state index is 6.12. The summed E-state index contributed by atoms with van der Waals surface area (Å²) in [5.74, 6) is 1.11. The summed E-state index contributed by atoms with van der Waals surface area (Å²) in [7, 11) is 0. The van der Waals surface area contributed by atoms with Crippen molar-refractivity contribution in [2.24, 2.45) is 0 Å². The highest BCUT2D eigenvalue weighted by atomic mass is 35.5. The SMILES string of the molecule is CCCN1CCN(c2ncnc(N)c2Cl)CC1. The Morgan fingerprint density at radius 3 is 2.65 bits per heavy atom. The quantitative estimate of drug-likeness (QED) is 0.881. The van der Waals surface area contributed by atoms with Gasteiger partial charge in [0.15, 0.2) is 5.82 Å². The maximum Gasteiger partial charge on any atom is 0.153 e. The minimum absolute atomic E-state index is 0.354. The minimum Gasteiger partial charge on any atom is -0.382 e. The monoisotopic (exact) mass is 255 g/mol. The minimum atomic E-state index is 0.354. The largest absolute Gasteiger partial charge is 0.382 e. The summed E-state index contributed by atoms with van der Waals surface area (Å²) in [6, 6.07) is 0. The van der Waals surface area contributed by atoms with E-state index in [1.165, 1.54) is 12.7 Å². The van der Waals surface area contributed by atoms with E-state index in [-0.39, 0.29) is 0 Å². The summed E-state index contributed by atoms with van der Waals surface area (Å²) in [4.78, 5) is 12.7. The van der Waals surface area contributed by atoms with Gasteiger partial charge in [-0.1, -0.05) is 18.5 Å². The Labute approximate surface area is 107 Å². The third-order valence-corrected chi connectivity index (χ3v) is 3.37. The zero-order valence-electron chi connectivity index (χ0n) is 10.1. The van der Waals surface area contributed by atoms with Crippen LogP contribution < -0.4 is 10.6 Å². The van der Waals surface area contributed by atoms with Gasteiger partial charge in [-0.25, -0.2) is 9.97 Å². The molecule has 17 heavy (non-hydrogen) atoms. The van der Waals surface area contributed by atoms with Gasteiger partial charge in [0, 0.05) is 26.2 Å². The van der Waals surface area contributed by atoms with Crippen LogP contribution in [0.2, 0.25) is 5.02 Å². The van der Waals surface area contributed by atoms with Gasteiger partial charge in [-0.15, -0.1) is 0 Å². The van der Waals surface area contributed by atoms with Crippen molar-refractivity contribution in [1.29, 1.82) is 0 Å². The van der Waals surface area contributed by atoms with Gasteiger partial charge in [0.1, 0.15) is 17.2 Å². The van der Waals surface area contributed by atoms with Crippen molar-refractivity contribution in [3.8, 4) is 0 Å². The molecule has 0 spiro atoms. The first-order valence-electron chi connectivity index (χ1n) is 5.95. The number of rotatable bonds is 3. The molecule has 1 aromatic heterocycles. The first-order chi connectivity index (χ1) is 8.22. The average molecular weight is 256 g/mol. The molecule has 5 nitrogen and oxygen atoms in total. The van der Waals surface area contributed by atoms with Crippen LogP contribution in [0.3, 0.4) is 0 Å². The second kappa shape index (κ2) is 5.51.